The number of rotatable bonds is 27. The molecule has 0 aromatic heterocycles. The van der Waals surface area contributed by atoms with Crippen molar-refractivity contribution in [2.45, 2.75) is 143 Å². The Labute approximate surface area is 367 Å². The molecule has 0 saturated heterocycles. The fourth-order valence-electron chi connectivity index (χ4n) is 6.88. The zero-order chi connectivity index (χ0) is 43.3. The molecule has 328 valence electrons. The molecule has 0 aliphatic heterocycles. The third-order valence-electron chi connectivity index (χ3n) is 10.8. The normalized spacial score (nSPS) is 11.3. The van der Waals surface area contributed by atoms with Crippen LogP contribution < -0.4 is 14.2 Å². The molecular formula is C55H72O6. The fraction of sp³-hybridized carbons (Fsp3) is 0.436. The molecular weight excluding hydrogens is 757 g/mol. The Kier molecular flexibility index (Phi) is 23.3. The molecule has 0 amide bonds. The Hall–Kier alpha value is -5.07. The molecule has 5 aromatic rings. The standard InChI is InChI=1S/C34H44O4.C21H28O2/c1-4-6-8-9-10-11-25-36-32-21-17-30(18-22-32)29-15-13-28(14-16-29)26-37-33-23-19-31(20-24-33)34(35)38-27(3)12-7-5-2;1-2-3-4-5-6-7-16-23-21-14-12-20(13-15-21)19-10-8-18(17-22)9-11-19/h13-24,27H,4-12,25-26H2,1-3H3;8-15,22H,2-7,16-17H2,1H3. The Morgan fingerprint density at radius 3 is 1.28 bits per heavy atom. The van der Waals surface area contributed by atoms with Gasteiger partial charge in [-0.2, -0.15) is 0 Å². The van der Waals surface area contributed by atoms with Gasteiger partial charge >= 0.3 is 5.97 Å². The number of carbonyl (C=O) groups is 1. The summed E-state index contributed by atoms with van der Waals surface area (Å²) in [7, 11) is 0. The second-order valence-electron chi connectivity index (χ2n) is 16.0. The molecule has 0 aliphatic carbocycles. The van der Waals surface area contributed by atoms with E-state index in [9.17, 15) is 4.79 Å². The van der Waals surface area contributed by atoms with E-state index in [1.807, 2.05) is 55.5 Å². The van der Waals surface area contributed by atoms with E-state index in [1.165, 1.54) is 69.8 Å². The van der Waals surface area contributed by atoms with Gasteiger partial charge in [0.1, 0.15) is 23.9 Å². The zero-order valence-corrected chi connectivity index (χ0v) is 37.5. The van der Waals surface area contributed by atoms with Gasteiger partial charge in [-0.1, -0.05) is 171 Å². The molecule has 0 bridgehead atoms. The molecule has 0 spiro atoms. The first-order valence-corrected chi connectivity index (χ1v) is 23.1. The van der Waals surface area contributed by atoms with E-state index in [0.29, 0.717) is 12.2 Å². The minimum Gasteiger partial charge on any atom is -0.494 e. The van der Waals surface area contributed by atoms with E-state index in [1.54, 1.807) is 12.1 Å². The summed E-state index contributed by atoms with van der Waals surface area (Å²) in [5.74, 6) is 2.31. The summed E-state index contributed by atoms with van der Waals surface area (Å²) >= 11 is 0. The first-order valence-electron chi connectivity index (χ1n) is 23.1. The number of ether oxygens (including phenoxy) is 4. The smallest absolute Gasteiger partial charge is 0.338 e. The highest BCUT2D eigenvalue weighted by atomic mass is 16.5. The average Bonchev–Trinajstić information content (AvgIpc) is 3.30. The van der Waals surface area contributed by atoms with Crippen LogP contribution in [0.4, 0.5) is 0 Å². The summed E-state index contributed by atoms with van der Waals surface area (Å²) in [4.78, 5) is 12.3. The lowest BCUT2D eigenvalue weighted by Crippen LogP contribution is -2.14. The van der Waals surface area contributed by atoms with Gasteiger partial charge in [-0.05, 0) is 108 Å². The quantitative estimate of drug-likeness (QED) is 0.0420. The second kappa shape index (κ2) is 29.2. The molecule has 0 radical (unpaired) electrons. The van der Waals surface area contributed by atoms with Crippen LogP contribution in [0, 0.1) is 0 Å². The van der Waals surface area contributed by atoms with Gasteiger partial charge in [0.05, 0.1) is 31.5 Å². The number of hydrogen-bond donors (Lipinski definition) is 1. The summed E-state index contributed by atoms with van der Waals surface area (Å²) in [6.45, 7) is 10.7. The number of carbonyl (C=O) groups excluding carboxylic acids is 1. The van der Waals surface area contributed by atoms with Crippen molar-refractivity contribution >= 4 is 5.97 Å². The van der Waals surface area contributed by atoms with E-state index < -0.39 is 0 Å². The molecule has 0 saturated carbocycles. The van der Waals surface area contributed by atoms with Crippen molar-refractivity contribution in [1.82, 2.24) is 0 Å². The maximum atomic E-state index is 12.3. The van der Waals surface area contributed by atoms with Crippen LogP contribution in [0.15, 0.2) is 121 Å². The molecule has 0 fully saturated rings. The largest absolute Gasteiger partial charge is 0.494 e. The minimum absolute atomic E-state index is 0.0671. The van der Waals surface area contributed by atoms with Crippen LogP contribution in [-0.4, -0.2) is 30.4 Å². The Morgan fingerprint density at radius 1 is 0.459 bits per heavy atom. The third-order valence-corrected chi connectivity index (χ3v) is 10.8. The van der Waals surface area contributed by atoms with E-state index in [4.69, 9.17) is 24.1 Å². The molecule has 1 N–H and O–H groups in total. The first kappa shape index (κ1) is 48.6. The molecule has 0 heterocycles. The molecule has 1 atom stereocenters. The summed E-state index contributed by atoms with van der Waals surface area (Å²) in [6.07, 6.45) is 18.3. The highest BCUT2D eigenvalue weighted by molar-refractivity contribution is 5.89. The van der Waals surface area contributed by atoms with Gasteiger partial charge in [-0.15, -0.1) is 0 Å². The maximum Gasteiger partial charge on any atom is 0.338 e. The van der Waals surface area contributed by atoms with E-state index in [0.717, 1.165) is 90.4 Å². The number of hydrogen-bond acceptors (Lipinski definition) is 6. The van der Waals surface area contributed by atoms with Crippen LogP contribution in [0.2, 0.25) is 0 Å². The van der Waals surface area contributed by atoms with E-state index >= 15 is 0 Å². The first-order chi connectivity index (χ1) is 29.9. The van der Waals surface area contributed by atoms with E-state index in [-0.39, 0.29) is 18.7 Å². The lowest BCUT2D eigenvalue weighted by molar-refractivity contribution is 0.0320. The average molecular weight is 829 g/mol. The third kappa shape index (κ3) is 19.0. The van der Waals surface area contributed by atoms with Crippen molar-refractivity contribution in [3.63, 3.8) is 0 Å². The molecule has 5 aromatic carbocycles. The second-order valence-corrected chi connectivity index (χ2v) is 16.0. The maximum absolute atomic E-state index is 12.3. The number of esters is 1. The molecule has 61 heavy (non-hydrogen) atoms. The topological polar surface area (TPSA) is 74.2 Å². The molecule has 6 heteroatoms. The number of aliphatic hydroxyl groups is 1. The van der Waals surface area contributed by atoms with Crippen molar-refractivity contribution in [1.29, 1.82) is 0 Å². The van der Waals surface area contributed by atoms with Crippen molar-refractivity contribution in [3.8, 4) is 39.5 Å². The zero-order valence-electron chi connectivity index (χ0n) is 37.5. The van der Waals surface area contributed by atoms with Crippen LogP contribution in [0.5, 0.6) is 17.2 Å². The van der Waals surface area contributed by atoms with Crippen molar-refractivity contribution in [3.05, 3.63) is 138 Å². The Balaban J connectivity index is 0.000000303. The van der Waals surface area contributed by atoms with Crippen LogP contribution in [0.3, 0.4) is 0 Å². The van der Waals surface area contributed by atoms with Crippen LogP contribution in [0.1, 0.15) is 145 Å². The summed E-state index contributed by atoms with van der Waals surface area (Å²) < 4.78 is 23.2. The summed E-state index contributed by atoms with van der Waals surface area (Å²) in [6, 6.07) is 40.1. The Bertz CT molecular complexity index is 1870. The van der Waals surface area contributed by atoms with Crippen LogP contribution in [-0.2, 0) is 18.0 Å². The van der Waals surface area contributed by atoms with Crippen molar-refractivity contribution in [2.24, 2.45) is 0 Å². The predicted molar refractivity (Wildman–Crippen MR) is 253 cm³/mol. The van der Waals surface area contributed by atoms with Gasteiger partial charge in [-0.3, -0.25) is 0 Å². The van der Waals surface area contributed by atoms with Crippen molar-refractivity contribution in [2.75, 3.05) is 13.2 Å². The SMILES string of the molecule is CCCCCCCCOc1ccc(-c2ccc(CO)cc2)cc1.CCCCCCCCOc1ccc(-c2ccc(COc3ccc(C(=O)OC(C)CCCC)cc3)cc2)cc1. The number of aliphatic hydroxyl groups excluding tert-OH is 1. The molecule has 6 nitrogen and oxygen atoms in total. The van der Waals surface area contributed by atoms with Crippen LogP contribution >= 0.6 is 0 Å². The number of benzene rings is 5. The van der Waals surface area contributed by atoms with Gasteiger partial charge < -0.3 is 24.1 Å². The molecule has 0 aliphatic rings. The molecule has 1 unspecified atom stereocenters. The predicted octanol–water partition coefficient (Wildman–Crippen LogP) is 15.0. The van der Waals surface area contributed by atoms with Gasteiger partial charge in [-0.25, -0.2) is 4.79 Å². The van der Waals surface area contributed by atoms with Gasteiger partial charge in [0.2, 0.25) is 0 Å². The van der Waals surface area contributed by atoms with Gasteiger partial charge in [0, 0.05) is 0 Å². The van der Waals surface area contributed by atoms with Crippen molar-refractivity contribution < 1.29 is 28.8 Å². The molecule has 5 rings (SSSR count). The fourth-order valence-corrected chi connectivity index (χ4v) is 6.88. The van der Waals surface area contributed by atoms with Gasteiger partial charge in [0.25, 0.3) is 0 Å². The van der Waals surface area contributed by atoms with E-state index in [2.05, 4.69) is 81.4 Å². The summed E-state index contributed by atoms with van der Waals surface area (Å²) in [5.41, 5.74) is 7.21. The van der Waals surface area contributed by atoms with Crippen LogP contribution in [0.25, 0.3) is 22.3 Å². The van der Waals surface area contributed by atoms with Gasteiger partial charge in [0.15, 0.2) is 0 Å². The summed E-state index contributed by atoms with van der Waals surface area (Å²) in [5, 5.41) is 9.08. The highest BCUT2D eigenvalue weighted by Crippen LogP contribution is 2.25. The monoisotopic (exact) mass is 829 g/mol. The highest BCUT2D eigenvalue weighted by Gasteiger charge is 2.12. The number of unbranched alkanes of at least 4 members (excludes halogenated alkanes) is 11. The lowest BCUT2D eigenvalue weighted by atomic mass is 10.0. The lowest BCUT2D eigenvalue weighted by Gasteiger charge is -2.13. The minimum atomic E-state index is -0.284. The Morgan fingerprint density at radius 2 is 0.836 bits per heavy atom.